The fraction of sp³-hybridized carbons (Fsp3) is 0.235. The van der Waals surface area contributed by atoms with Crippen LogP contribution in [-0.4, -0.2) is 17.1 Å². The zero-order chi connectivity index (χ0) is 15.0. The molecule has 0 fully saturated rings. The molecule has 108 valence electrons. The summed E-state index contributed by atoms with van der Waals surface area (Å²) < 4.78 is 0. The average Bonchev–Trinajstić information content (AvgIpc) is 2.62. The summed E-state index contributed by atoms with van der Waals surface area (Å²) in [5, 5.41) is 9.41. The van der Waals surface area contributed by atoms with Gasteiger partial charge in [-0.3, -0.25) is 4.79 Å². The van der Waals surface area contributed by atoms with E-state index in [1.165, 1.54) is 0 Å². The second-order valence-electron chi connectivity index (χ2n) is 5.37. The topological polar surface area (TPSA) is 63.3 Å². The third-order valence-corrected chi connectivity index (χ3v) is 5.06. The van der Waals surface area contributed by atoms with Crippen LogP contribution in [0.3, 0.4) is 0 Å². The van der Waals surface area contributed by atoms with Crippen LogP contribution in [0.25, 0.3) is 0 Å². The summed E-state index contributed by atoms with van der Waals surface area (Å²) in [6.45, 7) is 2.02. The molecule has 0 saturated heterocycles. The molecule has 3 nitrogen and oxygen atoms in total. The number of aliphatic carboxylic acids is 1. The molecule has 0 amide bonds. The van der Waals surface area contributed by atoms with Gasteiger partial charge < -0.3 is 10.8 Å². The summed E-state index contributed by atoms with van der Waals surface area (Å²) in [7, 11) is 0. The Morgan fingerprint density at radius 2 is 2.05 bits per heavy atom. The van der Waals surface area contributed by atoms with E-state index in [0.717, 1.165) is 32.9 Å². The highest BCUT2D eigenvalue weighted by Crippen LogP contribution is 2.42. The summed E-state index contributed by atoms with van der Waals surface area (Å²) in [5.74, 6) is -0.424. The standard InChI is InChI=1S/C17H17NO2S/c1-10-6-7-14-13(8-10)15(16(18)17(19)20)12-5-3-2-4-11(12)9-21-14/h2-8,15-16H,9,18H2,1H3,(H,19,20). The van der Waals surface area contributed by atoms with Crippen LogP contribution >= 0.6 is 11.8 Å². The molecule has 3 rings (SSSR count). The predicted molar refractivity (Wildman–Crippen MR) is 84.6 cm³/mol. The number of carbonyl (C=O) groups is 1. The van der Waals surface area contributed by atoms with Gasteiger partial charge in [-0.2, -0.15) is 0 Å². The predicted octanol–water partition coefficient (Wildman–Crippen LogP) is 3.14. The van der Waals surface area contributed by atoms with Crippen molar-refractivity contribution in [1.29, 1.82) is 0 Å². The van der Waals surface area contributed by atoms with Gasteiger partial charge >= 0.3 is 5.97 Å². The molecule has 3 N–H and O–H groups in total. The van der Waals surface area contributed by atoms with Crippen molar-refractivity contribution in [3.8, 4) is 0 Å². The van der Waals surface area contributed by atoms with Crippen molar-refractivity contribution in [3.05, 3.63) is 64.7 Å². The van der Waals surface area contributed by atoms with Gasteiger partial charge in [-0.15, -0.1) is 11.8 Å². The number of nitrogens with two attached hydrogens (primary N) is 1. The van der Waals surface area contributed by atoms with Gasteiger partial charge in [0.1, 0.15) is 6.04 Å². The van der Waals surface area contributed by atoms with Crippen LogP contribution in [0, 0.1) is 6.92 Å². The first-order valence-corrected chi connectivity index (χ1v) is 7.86. The van der Waals surface area contributed by atoms with Crippen molar-refractivity contribution in [1.82, 2.24) is 0 Å². The molecule has 0 radical (unpaired) electrons. The molecule has 0 saturated carbocycles. The molecule has 1 aliphatic heterocycles. The highest BCUT2D eigenvalue weighted by Gasteiger charge is 2.32. The normalized spacial score (nSPS) is 18.3. The molecule has 4 heteroatoms. The van der Waals surface area contributed by atoms with E-state index < -0.39 is 12.0 Å². The molecule has 0 aromatic heterocycles. The molecular weight excluding hydrogens is 282 g/mol. The van der Waals surface area contributed by atoms with Gasteiger partial charge in [0.25, 0.3) is 0 Å². The summed E-state index contributed by atoms with van der Waals surface area (Å²) in [6, 6.07) is 13.3. The van der Waals surface area contributed by atoms with Crippen molar-refractivity contribution in [2.75, 3.05) is 0 Å². The molecule has 1 aliphatic rings. The maximum atomic E-state index is 11.5. The highest BCUT2D eigenvalue weighted by atomic mass is 32.2. The number of thioether (sulfide) groups is 1. The van der Waals surface area contributed by atoms with Crippen molar-refractivity contribution in [2.24, 2.45) is 5.73 Å². The molecule has 2 aromatic rings. The van der Waals surface area contributed by atoms with Crippen LogP contribution in [0.1, 0.15) is 28.2 Å². The summed E-state index contributed by atoms with van der Waals surface area (Å²) in [6.07, 6.45) is 0. The number of carboxylic acid groups (broad SMARTS) is 1. The molecule has 1 heterocycles. The minimum Gasteiger partial charge on any atom is -0.480 e. The Morgan fingerprint density at radius 3 is 2.81 bits per heavy atom. The molecular formula is C17H17NO2S. The molecule has 2 aromatic carbocycles. The van der Waals surface area contributed by atoms with E-state index in [1.54, 1.807) is 11.8 Å². The number of hydrogen-bond acceptors (Lipinski definition) is 3. The average molecular weight is 299 g/mol. The van der Waals surface area contributed by atoms with E-state index in [-0.39, 0.29) is 5.92 Å². The Labute approximate surface area is 128 Å². The quantitative estimate of drug-likeness (QED) is 0.894. The van der Waals surface area contributed by atoms with Crippen molar-refractivity contribution >= 4 is 17.7 Å². The van der Waals surface area contributed by atoms with Crippen LogP contribution in [0.4, 0.5) is 0 Å². The molecule has 2 atom stereocenters. The van der Waals surface area contributed by atoms with Crippen LogP contribution in [0.2, 0.25) is 0 Å². The van der Waals surface area contributed by atoms with E-state index in [0.29, 0.717) is 0 Å². The first kappa shape index (κ1) is 14.2. The lowest BCUT2D eigenvalue weighted by Crippen LogP contribution is -2.37. The Morgan fingerprint density at radius 1 is 1.29 bits per heavy atom. The largest absolute Gasteiger partial charge is 0.480 e. The fourth-order valence-electron chi connectivity index (χ4n) is 2.86. The molecule has 0 spiro atoms. The van der Waals surface area contributed by atoms with E-state index >= 15 is 0 Å². The van der Waals surface area contributed by atoms with Gasteiger partial charge in [0.05, 0.1) is 0 Å². The van der Waals surface area contributed by atoms with Crippen LogP contribution < -0.4 is 5.73 Å². The fourth-order valence-corrected chi connectivity index (χ4v) is 3.95. The van der Waals surface area contributed by atoms with E-state index in [1.807, 2.05) is 25.1 Å². The van der Waals surface area contributed by atoms with E-state index in [2.05, 4.69) is 24.3 Å². The number of fused-ring (bicyclic) bond motifs is 2. The highest BCUT2D eigenvalue weighted by molar-refractivity contribution is 7.98. The van der Waals surface area contributed by atoms with Gasteiger partial charge in [-0.05, 0) is 29.7 Å². The van der Waals surface area contributed by atoms with Crippen LogP contribution in [0.5, 0.6) is 0 Å². The SMILES string of the molecule is Cc1ccc2c(c1)C(C(N)C(=O)O)c1ccccc1CS2. The molecule has 0 aliphatic carbocycles. The second kappa shape index (κ2) is 5.54. The lowest BCUT2D eigenvalue weighted by molar-refractivity contribution is -0.138. The van der Waals surface area contributed by atoms with Crippen molar-refractivity contribution in [3.63, 3.8) is 0 Å². The minimum absolute atomic E-state index is 0.302. The summed E-state index contributed by atoms with van der Waals surface area (Å²) >= 11 is 1.75. The third-order valence-electron chi connectivity index (χ3n) is 3.92. The monoisotopic (exact) mass is 299 g/mol. The Hall–Kier alpha value is -1.78. The Balaban J connectivity index is 2.23. The molecule has 2 unspecified atom stereocenters. The van der Waals surface area contributed by atoms with Crippen molar-refractivity contribution < 1.29 is 9.90 Å². The zero-order valence-electron chi connectivity index (χ0n) is 11.7. The maximum Gasteiger partial charge on any atom is 0.321 e. The Bertz CT molecular complexity index is 699. The lowest BCUT2D eigenvalue weighted by Gasteiger charge is -2.23. The third kappa shape index (κ3) is 2.57. The second-order valence-corrected chi connectivity index (χ2v) is 6.39. The van der Waals surface area contributed by atoms with Gasteiger partial charge in [0, 0.05) is 16.6 Å². The van der Waals surface area contributed by atoms with Gasteiger partial charge in [0.15, 0.2) is 0 Å². The van der Waals surface area contributed by atoms with Gasteiger partial charge in [-0.25, -0.2) is 0 Å². The number of carboxylic acids is 1. The van der Waals surface area contributed by atoms with Gasteiger partial charge in [-0.1, -0.05) is 42.0 Å². The number of hydrogen-bond donors (Lipinski definition) is 2. The maximum absolute atomic E-state index is 11.5. The molecule has 0 bridgehead atoms. The van der Waals surface area contributed by atoms with Crippen molar-refractivity contribution in [2.45, 2.75) is 29.5 Å². The van der Waals surface area contributed by atoms with Crippen LogP contribution in [0.15, 0.2) is 47.4 Å². The molecule has 21 heavy (non-hydrogen) atoms. The van der Waals surface area contributed by atoms with Gasteiger partial charge in [0.2, 0.25) is 0 Å². The summed E-state index contributed by atoms with van der Waals surface area (Å²) in [5.41, 5.74) is 10.4. The number of rotatable bonds is 2. The minimum atomic E-state index is -0.964. The first-order valence-electron chi connectivity index (χ1n) is 6.87. The number of benzene rings is 2. The Kier molecular flexibility index (Phi) is 3.74. The lowest BCUT2D eigenvalue weighted by atomic mass is 9.83. The van der Waals surface area contributed by atoms with E-state index in [9.17, 15) is 9.90 Å². The smallest absolute Gasteiger partial charge is 0.321 e. The van der Waals surface area contributed by atoms with Crippen LogP contribution in [-0.2, 0) is 10.5 Å². The van der Waals surface area contributed by atoms with E-state index in [4.69, 9.17) is 5.73 Å². The zero-order valence-corrected chi connectivity index (χ0v) is 12.6. The summed E-state index contributed by atoms with van der Waals surface area (Å²) in [4.78, 5) is 12.6. The first-order chi connectivity index (χ1) is 10.1. The number of aryl methyl sites for hydroxylation is 1.